The third-order valence-corrected chi connectivity index (χ3v) is 5.01. The summed E-state index contributed by atoms with van der Waals surface area (Å²) in [4.78, 5) is 0.0358. The number of hydrogen-bond acceptors (Lipinski definition) is 4. The molecular weight excluding hydrogens is 380 g/mol. The monoisotopic (exact) mass is 390 g/mol. The average Bonchev–Trinajstić information content (AvgIpc) is 2.41. The molecule has 0 aliphatic heterocycles. The highest BCUT2D eigenvalue weighted by Crippen LogP contribution is 2.29. The van der Waals surface area contributed by atoms with E-state index in [1.807, 2.05) is 0 Å². The second-order valence-electron chi connectivity index (χ2n) is 4.14. The molecule has 8 heteroatoms. The van der Waals surface area contributed by atoms with Gasteiger partial charge in [0.25, 0.3) is 10.0 Å². The maximum atomic E-state index is 12.3. The minimum absolute atomic E-state index is 0.0358. The summed E-state index contributed by atoms with van der Waals surface area (Å²) in [5.74, 6) is 0.605. The Morgan fingerprint density at radius 2 is 1.95 bits per heavy atom. The van der Waals surface area contributed by atoms with Gasteiger partial charge < -0.3 is 10.5 Å². The molecule has 0 amide bonds. The van der Waals surface area contributed by atoms with Crippen LogP contribution in [0.3, 0.4) is 0 Å². The summed E-state index contributed by atoms with van der Waals surface area (Å²) in [6.45, 7) is 0. The number of sulfonamides is 1. The van der Waals surface area contributed by atoms with Gasteiger partial charge in [0.1, 0.15) is 5.75 Å². The summed E-state index contributed by atoms with van der Waals surface area (Å²) in [6, 6.07) is 8.99. The van der Waals surface area contributed by atoms with Crippen molar-refractivity contribution in [1.82, 2.24) is 0 Å². The minimum Gasteiger partial charge on any atom is -0.496 e. The molecule has 21 heavy (non-hydrogen) atoms. The number of halogens is 2. The molecule has 0 aromatic heterocycles. The van der Waals surface area contributed by atoms with Crippen LogP contribution in [0.5, 0.6) is 5.75 Å². The van der Waals surface area contributed by atoms with Crippen LogP contribution >= 0.6 is 27.5 Å². The Kier molecular flexibility index (Phi) is 4.65. The van der Waals surface area contributed by atoms with Gasteiger partial charge in [-0.1, -0.05) is 11.6 Å². The van der Waals surface area contributed by atoms with Crippen molar-refractivity contribution in [1.29, 1.82) is 0 Å². The van der Waals surface area contributed by atoms with E-state index in [2.05, 4.69) is 20.7 Å². The van der Waals surface area contributed by atoms with Crippen LogP contribution in [0.4, 0.5) is 11.4 Å². The first kappa shape index (κ1) is 15.9. The molecule has 0 aliphatic carbocycles. The van der Waals surface area contributed by atoms with E-state index in [0.717, 1.165) is 0 Å². The van der Waals surface area contributed by atoms with Crippen molar-refractivity contribution in [3.63, 3.8) is 0 Å². The average molecular weight is 392 g/mol. The first-order chi connectivity index (χ1) is 9.83. The molecule has 2 aromatic rings. The number of anilines is 2. The summed E-state index contributed by atoms with van der Waals surface area (Å²) in [7, 11) is -2.21. The Hall–Kier alpha value is -1.44. The van der Waals surface area contributed by atoms with E-state index >= 15 is 0 Å². The van der Waals surface area contributed by atoms with E-state index in [9.17, 15) is 8.42 Å². The zero-order valence-corrected chi connectivity index (χ0v) is 14.1. The van der Waals surface area contributed by atoms with E-state index in [1.165, 1.54) is 25.3 Å². The van der Waals surface area contributed by atoms with Gasteiger partial charge >= 0.3 is 0 Å². The van der Waals surface area contributed by atoms with Gasteiger partial charge in [-0.2, -0.15) is 0 Å². The summed E-state index contributed by atoms with van der Waals surface area (Å²) in [5.41, 5.74) is 6.29. The van der Waals surface area contributed by atoms with E-state index in [-0.39, 0.29) is 9.92 Å². The van der Waals surface area contributed by atoms with Gasteiger partial charge in [0.05, 0.1) is 32.9 Å². The summed E-state index contributed by atoms with van der Waals surface area (Å²) in [6.07, 6.45) is 0. The molecule has 0 heterocycles. The maximum Gasteiger partial charge on any atom is 0.261 e. The minimum atomic E-state index is -3.74. The molecule has 0 atom stereocenters. The molecule has 0 fully saturated rings. The fourth-order valence-corrected chi connectivity index (χ4v) is 3.48. The van der Waals surface area contributed by atoms with Gasteiger partial charge in [0, 0.05) is 0 Å². The maximum absolute atomic E-state index is 12.3. The zero-order chi connectivity index (χ0) is 15.6. The quantitative estimate of drug-likeness (QED) is 0.782. The molecule has 0 aliphatic rings. The van der Waals surface area contributed by atoms with Crippen LogP contribution in [-0.2, 0) is 10.0 Å². The van der Waals surface area contributed by atoms with Crippen molar-refractivity contribution in [3.8, 4) is 5.75 Å². The molecular formula is C13H12BrClN2O3S. The van der Waals surface area contributed by atoms with Crippen molar-refractivity contribution in [2.24, 2.45) is 0 Å². The smallest absolute Gasteiger partial charge is 0.261 e. The number of nitrogens with two attached hydrogens (primary N) is 1. The van der Waals surface area contributed by atoms with Gasteiger partial charge in [-0.25, -0.2) is 8.42 Å². The van der Waals surface area contributed by atoms with Gasteiger partial charge in [0.2, 0.25) is 0 Å². The molecule has 0 spiro atoms. The number of ether oxygens (including phenoxy) is 1. The first-order valence-corrected chi connectivity index (χ1v) is 8.40. The fraction of sp³-hybridized carbons (Fsp3) is 0.0769. The lowest BCUT2D eigenvalue weighted by atomic mass is 10.3. The first-order valence-electron chi connectivity index (χ1n) is 5.75. The lowest BCUT2D eigenvalue weighted by Crippen LogP contribution is -2.13. The Morgan fingerprint density at radius 3 is 2.52 bits per heavy atom. The Morgan fingerprint density at radius 1 is 1.24 bits per heavy atom. The van der Waals surface area contributed by atoms with Crippen molar-refractivity contribution in [3.05, 3.63) is 45.9 Å². The number of benzene rings is 2. The molecule has 2 rings (SSSR count). The van der Waals surface area contributed by atoms with Crippen LogP contribution in [-0.4, -0.2) is 15.5 Å². The second-order valence-corrected chi connectivity index (χ2v) is 7.08. The molecule has 0 bridgehead atoms. The number of nitrogens with one attached hydrogen (secondary N) is 1. The SMILES string of the molecule is COc1ccc(NS(=O)(=O)c2ccc(N)c(Cl)c2)cc1Br. The number of rotatable bonds is 4. The molecule has 3 N–H and O–H groups in total. The highest BCUT2D eigenvalue weighted by molar-refractivity contribution is 9.10. The highest BCUT2D eigenvalue weighted by Gasteiger charge is 2.16. The lowest BCUT2D eigenvalue weighted by molar-refractivity contribution is 0.412. The molecule has 2 aromatic carbocycles. The van der Waals surface area contributed by atoms with E-state index in [0.29, 0.717) is 21.6 Å². The predicted molar refractivity (Wildman–Crippen MR) is 87.4 cm³/mol. The third-order valence-electron chi connectivity index (χ3n) is 2.69. The van der Waals surface area contributed by atoms with Gasteiger partial charge in [0.15, 0.2) is 0 Å². The topological polar surface area (TPSA) is 81.4 Å². The number of methoxy groups -OCH3 is 1. The number of hydrogen-bond donors (Lipinski definition) is 2. The van der Waals surface area contributed by atoms with E-state index < -0.39 is 10.0 Å². The van der Waals surface area contributed by atoms with Crippen LogP contribution in [0, 0.1) is 0 Å². The van der Waals surface area contributed by atoms with Crippen LogP contribution in [0.25, 0.3) is 0 Å². The summed E-state index contributed by atoms with van der Waals surface area (Å²) >= 11 is 9.14. The van der Waals surface area contributed by atoms with Crippen LogP contribution < -0.4 is 15.2 Å². The van der Waals surface area contributed by atoms with Gasteiger partial charge in [-0.05, 0) is 52.3 Å². The molecule has 112 valence electrons. The standard InChI is InChI=1S/C13H12BrClN2O3S/c1-20-13-5-2-8(6-10(13)14)17-21(18,19)9-3-4-12(16)11(15)7-9/h2-7,17H,16H2,1H3. The molecule has 0 saturated heterocycles. The largest absolute Gasteiger partial charge is 0.496 e. The van der Waals surface area contributed by atoms with Crippen LogP contribution in [0.1, 0.15) is 0 Å². The van der Waals surface area contributed by atoms with E-state index in [1.54, 1.807) is 18.2 Å². The Labute approximate surface area is 136 Å². The highest BCUT2D eigenvalue weighted by atomic mass is 79.9. The van der Waals surface area contributed by atoms with Crippen molar-refractivity contribution in [2.75, 3.05) is 17.6 Å². The predicted octanol–water partition coefficient (Wildman–Crippen LogP) is 3.49. The molecule has 0 saturated carbocycles. The third kappa shape index (κ3) is 3.61. The van der Waals surface area contributed by atoms with Gasteiger partial charge in [-0.15, -0.1) is 0 Å². The van der Waals surface area contributed by atoms with Crippen molar-refractivity contribution in [2.45, 2.75) is 4.90 Å². The van der Waals surface area contributed by atoms with Crippen LogP contribution in [0.2, 0.25) is 5.02 Å². The lowest BCUT2D eigenvalue weighted by Gasteiger charge is -2.10. The Balaban J connectivity index is 2.32. The fourth-order valence-electron chi connectivity index (χ4n) is 1.62. The summed E-state index contributed by atoms with van der Waals surface area (Å²) < 4.78 is 32.7. The van der Waals surface area contributed by atoms with Crippen molar-refractivity contribution >= 4 is 48.9 Å². The number of nitrogen functional groups attached to an aromatic ring is 1. The normalized spacial score (nSPS) is 11.2. The Bertz CT molecular complexity index is 781. The van der Waals surface area contributed by atoms with Gasteiger partial charge in [-0.3, -0.25) is 4.72 Å². The summed E-state index contributed by atoms with van der Waals surface area (Å²) in [5, 5.41) is 0.189. The molecule has 0 unspecified atom stereocenters. The zero-order valence-electron chi connectivity index (χ0n) is 10.9. The molecule has 5 nitrogen and oxygen atoms in total. The van der Waals surface area contributed by atoms with E-state index in [4.69, 9.17) is 22.1 Å². The van der Waals surface area contributed by atoms with Crippen LogP contribution in [0.15, 0.2) is 45.8 Å². The van der Waals surface area contributed by atoms with Crippen molar-refractivity contribution < 1.29 is 13.2 Å². The second kappa shape index (κ2) is 6.13. The molecule has 0 radical (unpaired) electrons.